The molecule has 128 valence electrons. The Kier molecular flexibility index (Phi) is 5.27. The van der Waals surface area contributed by atoms with Crippen LogP contribution in [-0.4, -0.2) is 29.3 Å². The van der Waals surface area contributed by atoms with Crippen molar-refractivity contribution in [3.8, 4) is 5.75 Å². The lowest BCUT2D eigenvalue weighted by Gasteiger charge is -2.08. The number of para-hydroxylation sites is 1. The van der Waals surface area contributed by atoms with Crippen LogP contribution in [0.1, 0.15) is 16.1 Å². The Hall–Kier alpha value is -2.90. The van der Waals surface area contributed by atoms with Crippen LogP contribution in [0.25, 0.3) is 11.0 Å². The molecule has 0 bridgehead atoms. The van der Waals surface area contributed by atoms with E-state index >= 15 is 0 Å². The lowest BCUT2D eigenvalue weighted by atomic mass is 10.2. The number of hydroxylamine groups is 1. The van der Waals surface area contributed by atoms with E-state index < -0.39 is 0 Å². The summed E-state index contributed by atoms with van der Waals surface area (Å²) in [6.45, 7) is 0.655. The maximum absolute atomic E-state index is 12.1. The highest BCUT2D eigenvalue weighted by atomic mass is 32.1. The molecule has 0 aliphatic heterocycles. The highest BCUT2D eigenvalue weighted by Gasteiger charge is 2.11. The summed E-state index contributed by atoms with van der Waals surface area (Å²) in [6.07, 6.45) is 0. The Morgan fingerprint density at radius 2 is 1.92 bits per heavy atom. The number of hydrogen-bond donors (Lipinski definition) is 3. The van der Waals surface area contributed by atoms with Crippen LogP contribution in [-0.2, 0) is 0 Å². The van der Waals surface area contributed by atoms with Crippen LogP contribution in [0.4, 0.5) is 0 Å². The fourth-order valence-electron chi connectivity index (χ4n) is 2.28. The van der Waals surface area contributed by atoms with Gasteiger partial charge in [-0.1, -0.05) is 30.4 Å². The molecule has 0 fully saturated rings. The van der Waals surface area contributed by atoms with Gasteiger partial charge >= 0.3 is 0 Å². The van der Waals surface area contributed by atoms with Gasteiger partial charge in [0.25, 0.3) is 5.91 Å². The fourth-order valence-corrected chi connectivity index (χ4v) is 2.42. The zero-order valence-corrected chi connectivity index (χ0v) is 14.0. The molecular formula is C18H16N2O4S. The first-order valence-corrected chi connectivity index (χ1v) is 8.02. The van der Waals surface area contributed by atoms with Gasteiger partial charge in [0.05, 0.1) is 6.54 Å². The molecule has 0 unspecified atom stereocenters. The Bertz CT molecular complexity index is 856. The monoisotopic (exact) mass is 356 g/mol. The predicted octanol–water partition coefficient (Wildman–Crippen LogP) is 2.90. The minimum absolute atomic E-state index is 0.240. The van der Waals surface area contributed by atoms with Gasteiger partial charge in [-0.15, -0.1) is 0 Å². The van der Waals surface area contributed by atoms with Gasteiger partial charge in [-0.3, -0.25) is 15.5 Å². The highest BCUT2D eigenvalue weighted by Crippen LogP contribution is 2.18. The second-order valence-corrected chi connectivity index (χ2v) is 5.63. The summed E-state index contributed by atoms with van der Waals surface area (Å²) in [7, 11) is 0. The number of ether oxygens (including phenoxy) is 1. The van der Waals surface area contributed by atoms with Crippen molar-refractivity contribution in [1.29, 1.82) is 0 Å². The zero-order chi connectivity index (χ0) is 17.6. The van der Waals surface area contributed by atoms with Gasteiger partial charge in [0.1, 0.15) is 22.9 Å². The van der Waals surface area contributed by atoms with Crippen LogP contribution in [0.3, 0.4) is 0 Å². The van der Waals surface area contributed by atoms with Gasteiger partial charge in [0.15, 0.2) is 5.76 Å². The summed E-state index contributed by atoms with van der Waals surface area (Å²) in [6, 6.07) is 16.1. The van der Waals surface area contributed by atoms with Gasteiger partial charge in [-0.05, 0) is 36.4 Å². The minimum Gasteiger partial charge on any atom is -0.492 e. The molecule has 1 heterocycles. The van der Waals surface area contributed by atoms with E-state index in [4.69, 9.17) is 26.6 Å². The molecule has 0 aliphatic rings. The van der Waals surface area contributed by atoms with Gasteiger partial charge in [0.2, 0.25) is 0 Å². The summed E-state index contributed by atoms with van der Waals surface area (Å²) < 4.78 is 11.0. The first kappa shape index (κ1) is 16.9. The van der Waals surface area contributed by atoms with E-state index in [2.05, 4.69) is 5.32 Å². The minimum atomic E-state index is -0.283. The predicted molar refractivity (Wildman–Crippen MR) is 97.1 cm³/mol. The average Bonchev–Trinajstić information content (AvgIpc) is 3.09. The molecule has 7 heteroatoms. The molecular weight excluding hydrogens is 340 g/mol. The number of benzene rings is 2. The number of hydrogen-bond acceptors (Lipinski definition) is 5. The van der Waals surface area contributed by atoms with Crippen molar-refractivity contribution in [3.63, 3.8) is 0 Å². The normalized spacial score (nSPS) is 10.4. The van der Waals surface area contributed by atoms with Crippen LogP contribution in [0.15, 0.2) is 59.0 Å². The highest BCUT2D eigenvalue weighted by molar-refractivity contribution is 7.80. The van der Waals surface area contributed by atoms with Gasteiger partial charge in [-0.2, -0.15) is 0 Å². The molecule has 0 saturated carbocycles. The Morgan fingerprint density at radius 3 is 2.64 bits per heavy atom. The molecule has 0 radical (unpaired) electrons. The zero-order valence-electron chi connectivity index (χ0n) is 13.2. The third kappa shape index (κ3) is 4.14. The molecule has 3 rings (SSSR count). The van der Waals surface area contributed by atoms with Crippen molar-refractivity contribution < 1.29 is 19.2 Å². The molecule has 0 atom stereocenters. The topological polar surface area (TPSA) is 83.7 Å². The number of fused-ring (bicyclic) bond motifs is 1. The number of thiocarbonyl (C=S) groups is 1. The molecule has 0 spiro atoms. The SMILES string of the molecule is O=C(NCCOc1ccc(C(=S)NO)cc1)c1cc2ccccc2o1. The quantitative estimate of drug-likeness (QED) is 0.358. The van der Waals surface area contributed by atoms with Crippen LogP contribution in [0, 0.1) is 0 Å². The standard InChI is InChI=1S/C18H16N2O4S/c21-17(16-11-13-3-1-2-4-15(13)24-16)19-9-10-23-14-7-5-12(6-8-14)18(25)20-22/h1-8,11,22H,9-10H2,(H,19,21)(H,20,25). The lowest BCUT2D eigenvalue weighted by Crippen LogP contribution is -2.27. The third-order valence-electron chi connectivity index (χ3n) is 3.52. The van der Waals surface area contributed by atoms with Crippen LogP contribution < -0.4 is 15.5 Å². The van der Waals surface area contributed by atoms with E-state index in [0.29, 0.717) is 30.0 Å². The Labute approximate surface area is 149 Å². The molecule has 3 N–H and O–H groups in total. The van der Waals surface area contributed by atoms with Crippen molar-refractivity contribution in [3.05, 3.63) is 65.9 Å². The lowest BCUT2D eigenvalue weighted by molar-refractivity contribution is 0.0921. The van der Waals surface area contributed by atoms with Crippen LogP contribution in [0.2, 0.25) is 0 Å². The summed E-state index contributed by atoms with van der Waals surface area (Å²) in [5.74, 6) is 0.632. The van der Waals surface area contributed by atoms with E-state index in [1.807, 2.05) is 29.7 Å². The van der Waals surface area contributed by atoms with E-state index in [1.54, 1.807) is 30.3 Å². The molecule has 3 aromatic rings. The van der Waals surface area contributed by atoms with Gasteiger partial charge in [0, 0.05) is 10.9 Å². The third-order valence-corrected chi connectivity index (χ3v) is 3.85. The van der Waals surface area contributed by atoms with Crippen molar-refractivity contribution in [2.24, 2.45) is 0 Å². The van der Waals surface area contributed by atoms with Crippen molar-refractivity contribution in [2.45, 2.75) is 0 Å². The number of rotatable bonds is 6. The summed E-state index contributed by atoms with van der Waals surface area (Å²) in [5, 5.41) is 12.4. The van der Waals surface area contributed by atoms with E-state index in [0.717, 1.165) is 5.39 Å². The molecule has 1 aromatic heterocycles. The number of carbonyl (C=O) groups is 1. The smallest absolute Gasteiger partial charge is 0.287 e. The Balaban J connectivity index is 1.47. The molecule has 6 nitrogen and oxygen atoms in total. The van der Waals surface area contributed by atoms with Crippen molar-refractivity contribution >= 4 is 34.1 Å². The Morgan fingerprint density at radius 1 is 1.16 bits per heavy atom. The van der Waals surface area contributed by atoms with E-state index in [9.17, 15) is 4.79 Å². The summed E-state index contributed by atoms with van der Waals surface area (Å²) >= 11 is 4.91. The molecule has 1 amide bonds. The summed E-state index contributed by atoms with van der Waals surface area (Å²) in [4.78, 5) is 12.3. The van der Waals surface area contributed by atoms with Crippen molar-refractivity contribution in [1.82, 2.24) is 10.8 Å². The number of carbonyl (C=O) groups excluding carboxylic acids is 1. The van der Waals surface area contributed by atoms with E-state index in [1.165, 1.54) is 0 Å². The second kappa shape index (κ2) is 7.78. The first-order chi connectivity index (χ1) is 12.2. The maximum atomic E-state index is 12.1. The van der Waals surface area contributed by atoms with Gasteiger partial charge < -0.3 is 14.5 Å². The molecule has 25 heavy (non-hydrogen) atoms. The van der Waals surface area contributed by atoms with Crippen molar-refractivity contribution in [2.75, 3.05) is 13.2 Å². The number of nitrogens with one attached hydrogen (secondary N) is 2. The number of furan rings is 1. The maximum Gasteiger partial charge on any atom is 0.287 e. The van der Waals surface area contributed by atoms with Crippen LogP contribution >= 0.6 is 12.2 Å². The molecule has 0 aliphatic carbocycles. The van der Waals surface area contributed by atoms with Crippen LogP contribution in [0.5, 0.6) is 5.75 Å². The molecule has 2 aromatic carbocycles. The number of amides is 1. The van der Waals surface area contributed by atoms with Gasteiger partial charge in [-0.25, -0.2) is 0 Å². The largest absolute Gasteiger partial charge is 0.492 e. The fraction of sp³-hybridized carbons (Fsp3) is 0.111. The first-order valence-electron chi connectivity index (χ1n) is 7.61. The molecule has 0 saturated heterocycles. The summed E-state index contributed by atoms with van der Waals surface area (Å²) in [5.41, 5.74) is 3.29. The average molecular weight is 356 g/mol. The van der Waals surface area contributed by atoms with E-state index in [-0.39, 0.29) is 16.7 Å². The second-order valence-electron chi connectivity index (χ2n) is 5.22.